The van der Waals surface area contributed by atoms with Crippen molar-refractivity contribution in [1.29, 1.82) is 0 Å². The summed E-state index contributed by atoms with van der Waals surface area (Å²) in [7, 11) is 0. The summed E-state index contributed by atoms with van der Waals surface area (Å²) in [5.41, 5.74) is 0. The molecule has 0 spiro atoms. The van der Waals surface area contributed by atoms with E-state index >= 15 is 0 Å². The van der Waals surface area contributed by atoms with Crippen molar-refractivity contribution < 1.29 is 0 Å². The molecule has 0 aliphatic heterocycles. The first-order chi connectivity index (χ1) is 7.91. The van der Waals surface area contributed by atoms with Gasteiger partial charge < -0.3 is 0 Å². The lowest BCUT2D eigenvalue weighted by atomic mass is 10.1. The molecule has 0 aromatic carbocycles. The SMILES string of the molecule is C[CH]CCCCCCCCC=CCCCC. The molecule has 0 saturated carbocycles. The molecule has 1 radical (unpaired) electrons. The first kappa shape index (κ1) is 15.7. The second-order valence-electron chi connectivity index (χ2n) is 4.72. The molecule has 0 heteroatoms. The largest absolute Gasteiger partial charge is 0.0885 e. The Morgan fingerprint density at radius 3 is 1.69 bits per heavy atom. The van der Waals surface area contributed by atoms with Crippen LogP contribution in [0.15, 0.2) is 12.2 Å². The minimum absolute atomic E-state index is 1.28. The van der Waals surface area contributed by atoms with Crippen molar-refractivity contribution in [2.24, 2.45) is 0 Å². The maximum Gasteiger partial charge on any atom is -0.0351 e. The minimum Gasteiger partial charge on any atom is -0.0885 e. The third kappa shape index (κ3) is 13.7. The second-order valence-corrected chi connectivity index (χ2v) is 4.72. The summed E-state index contributed by atoms with van der Waals surface area (Å²) in [5, 5.41) is 0. The van der Waals surface area contributed by atoms with Gasteiger partial charge in [0.05, 0.1) is 0 Å². The van der Waals surface area contributed by atoms with Crippen LogP contribution in [0.3, 0.4) is 0 Å². The average molecular weight is 223 g/mol. The predicted octanol–water partition coefficient (Wildman–Crippen LogP) is 6.08. The van der Waals surface area contributed by atoms with Crippen molar-refractivity contribution in [2.75, 3.05) is 0 Å². The van der Waals surface area contributed by atoms with Gasteiger partial charge in [0.1, 0.15) is 0 Å². The van der Waals surface area contributed by atoms with Crippen LogP contribution < -0.4 is 0 Å². The van der Waals surface area contributed by atoms with Crippen molar-refractivity contribution in [3.63, 3.8) is 0 Å². The fraction of sp³-hybridized carbons (Fsp3) is 0.812. The molecular formula is C16H31. The summed E-state index contributed by atoms with van der Waals surface area (Å²) < 4.78 is 0. The Morgan fingerprint density at radius 2 is 1.12 bits per heavy atom. The molecular weight excluding hydrogens is 192 g/mol. The average Bonchev–Trinajstić information content (AvgIpc) is 2.31. The molecule has 0 nitrogen and oxygen atoms in total. The first-order valence-electron chi connectivity index (χ1n) is 7.34. The lowest BCUT2D eigenvalue weighted by molar-refractivity contribution is 0.595. The van der Waals surface area contributed by atoms with Crippen molar-refractivity contribution in [2.45, 2.75) is 84.5 Å². The van der Waals surface area contributed by atoms with Crippen molar-refractivity contribution in [1.82, 2.24) is 0 Å². The smallest absolute Gasteiger partial charge is 0.0351 e. The molecule has 0 rings (SSSR count). The van der Waals surface area contributed by atoms with Gasteiger partial charge in [0.25, 0.3) is 0 Å². The maximum atomic E-state index is 2.38. The molecule has 0 fully saturated rings. The molecule has 0 bridgehead atoms. The van der Waals surface area contributed by atoms with E-state index in [0.29, 0.717) is 0 Å². The molecule has 0 atom stereocenters. The topological polar surface area (TPSA) is 0 Å². The highest BCUT2D eigenvalue weighted by molar-refractivity contribution is 4.81. The van der Waals surface area contributed by atoms with E-state index in [2.05, 4.69) is 32.4 Å². The molecule has 0 N–H and O–H groups in total. The predicted molar refractivity (Wildman–Crippen MR) is 75.6 cm³/mol. The third-order valence-electron chi connectivity index (χ3n) is 3.00. The summed E-state index contributed by atoms with van der Waals surface area (Å²) >= 11 is 0. The highest BCUT2D eigenvalue weighted by atomic mass is 14.0. The molecule has 0 aliphatic carbocycles. The summed E-state index contributed by atoms with van der Waals surface area (Å²) in [4.78, 5) is 0. The van der Waals surface area contributed by atoms with Crippen LogP contribution in [0, 0.1) is 6.42 Å². The fourth-order valence-electron chi connectivity index (χ4n) is 1.88. The highest BCUT2D eigenvalue weighted by Crippen LogP contribution is 2.09. The van der Waals surface area contributed by atoms with Crippen LogP contribution in [-0.2, 0) is 0 Å². The Labute approximate surface area is 104 Å². The van der Waals surface area contributed by atoms with Crippen LogP contribution in [0.1, 0.15) is 84.5 Å². The zero-order chi connectivity index (χ0) is 11.9. The molecule has 0 heterocycles. The van der Waals surface area contributed by atoms with E-state index < -0.39 is 0 Å². The lowest BCUT2D eigenvalue weighted by Crippen LogP contribution is -1.80. The van der Waals surface area contributed by atoms with Gasteiger partial charge in [0.2, 0.25) is 0 Å². The lowest BCUT2D eigenvalue weighted by Gasteiger charge is -1.99. The van der Waals surface area contributed by atoms with E-state index in [1.54, 1.807) is 0 Å². The van der Waals surface area contributed by atoms with E-state index in [1.807, 2.05) is 0 Å². The van der Waals surface area contributed by atoms with Crippen molar-refractivity contribution in [3.8, 4) is 0 Å². The summed E-state index contributed by atoms with van der Waals surface area (Å²) in [6.45, 7) is 4.41. The van der Waals surface area contributed by atoms with Gasteiger partial charge in [0.15, 0.2) is 0 Å². The van der Waals surface area contributed by atoms with Gasteiger partial charge in [-0.15, -0.1) is 0 Å². The van der Waals surface area contributed by atoms with Crippen molar-refractivity contribution in [3.05, 3.63) is 18.6 Å². The van der Waals surface area contributed by atoms with Gasteiger partial charge >= 0.3 is 0 Å². The van der Waals surface area contributed by atoms with Gasteiger partial charge in [-0.3, -0.25) is 0 Å². The van der Waals surface area contributed by atoms with Crippen molar-refractivity contribution >= 4 is 0 Å². The van der Waals surface area contributed by atoms with E-state index in [-0.39, 0.29) is 0 Å². The zero-order valence-electron chi connectivity index (χ0n) is 11.5. The normalized spacial score (nSPS) is 11.4. The second kappa shape index (κ2) is 14.7. The van der Waals surface area contributed by atoms with E-state index in [1.165, 1.54) is 70.6 Å². The molecule has 0 saturated heterocycles. The molecule has 0 aromatic heterocycles. The van der Waals surface area contributed by atoms with Gasteiger partial charge in [0, 0.05) is 0 Å². The van der Waals surface area contributed by atoms with E-state index in [9.17, 15) is 0 Å². The van der Waals surface area contributed by atoms with Gasteiger partial charge in [-0.2, -0.15) is 0 Å². The van der Waals surface area contributed by atoms with Crippen LogP contribution in [0.25, 0.3) is 0 Å². The number of unbranched alkanes of at least 4 members (excludes halogenated alkanes) is 10. The standard InChI is InChI=1S/C16H31/c1-3-5-7-9-11-13-15-16-14-12-10-8-6-4-2/h3,10,12H,4-9,11,13-16H2,1-2H3. The van der Waals surface area contributed by atoms with Crippen LogP contribution >= 0.6 is 0 Å². The number of hydrogen-bond acceptors (Lipinski definition) is 0. The Hall–Kier alpha value is -0.260. The van der Waals surface area contributed by atoms with Crippen LogP contribution in [0.5, 0.6) is 0 Å². The highest BCUT2D eigenvalue weighted by Gasteiger charge is 1.90. The Morgan fingerprint density at radius 1 is 0.625 bits per heavy atom. The molecule has 0 aliphatic rings. The number of rotatable bonds is 12. The zero-order valence-corrected chi connectivity index (χ0v) is 11.5. The first-order valence-corrected chi connectivity index (χ1v) is 7.34. The minimum atomic E-state index is 1.28. The van der Waals surface area contributed by atoms with Gasteiger partial charge in [-0.1, -0.05) is 77.4 Å². The summed E-state index contributed by atoms with van der Waals surface area (Å²) in [6, 6.07) is 0. The van der Waals surface area contributed by atoms with Crippen LogP contribution in [0.4, 0.5) is 0 Å². The van der Waals surface area contributed by atoms with Gasteiger partial charge in [-0.25, -0.2) is 0 Å². The number of hydrogen-bond donors (Lipinski definition) is 0. The molecule has 0 amide bonds. The number of allylic oxidation sites excluding steroid dienone is 2. The van der Waals surface area contributed by atoms with Crippen LogP contribution in [0.2, 0.25) is 0 Å². The Balaban J connectivity index is 2.95. The summed E-state index contributed by atoms with van der Waals surface area (Å²) in [6.07, 6.45) is 22.1. The van der Waals surface area contributed by atoms with E-state index in [0.717, 1.165) is 0 Å². The maximum absolute atomic E-state index is 2.38. The molecule has 0 unspecified atom stereocenters. The quantitative estimate of drug-likeness (QED) is 0.278. The Kier molecular flexibility index (Phi) is 14.5. The third-order valence-corrected chi connectivity index (χ3v) is 3.00. The van der Waals surface area contributed by atoms with E-state index in [4.69, 9.17) is 0 Å². The molecule has 16 heavy (non-hydrogen) atoms. The van der Waals surface area contributed by atoms with Gasteiger partial charge in [-0.05, 0) is 25.7 Å². The molecule has 0 aromatic rings. The monoisotopic (exact) mass is 223 g/mol. The molecule has 95 valence electrons. The van der Waals surface area contributed by atoms with Crippen LogP contribution in [-0.4, -0.2) is 0 Å². The summed E-state index contributed by atoms with van der Waals surface area (Å²) in [5.74, 6) is 0. The Bertz CT molecular complexity index is 135. The fourth-order valence-corrected chi connectivity index (χ4v) is 1.88.